The van der Waals surface area contributed by atoms with Crippen molar-refractivity contribution in [2.75, 3.05) is 0 Å². The normalized spacial score (nSPS) is 11.7. The average Bonchev–Trinajstić information content (AvgIpc) is 2.03. The fourth-order valence-electron chi connectivity index (χ4n) is 0.957. The molecule has 0 spiro atoms. The van der Waals surface area contributed by atoms with Gasteiger partial charge in [-0.05, 0) is 18.9 Å². The minimum Gasteiger partial charge on any atom is -0.259 e. The third-order valence-corrected chi connectivity index (χ3v) is 1.79. The lowest BCUT2D eigenvalue weighted by Crippen LogP contribution is -1.92. The smallest absolute Gasteiger partial charge is 0.239 e. The quantitative estimate of drug-likeness (QED) is 0.350. The Morgan fingerprint density at radius 2 is 2.08 bits per heavy atom. The predicted octanol–water partition coefficient (Wildman–Crippen LogP) is 3.14. The van der Waals surface area contributed by atoms with Crippen LogP contribution in [0.1, 0.15) is 46.0 Å². The molecule has 0 aromatic carbocycles. The van der Waals surface area contributed by atoms with E-state index in [2.05, 4.69) is 6.92 Å². The van der Waals surface area contributed by atoms with Gasteiger partial charge in [0.1, 0.15) is 0 Å². The Hall–Kier alpha value is -0.860. The molecule has 0 atom stereocenters. The van der Waals surface area contributed by atoms with Crippen molar-refractivity contribution in [3.63, 3.8) is 0 Å². The summed E-state index contributed by atoms with van der Waals surface area (Å²) >= 11 is 0. The van der Waals surface area contributed by atoms with Crippen molar-refractivity contribution in [2.45, 2.75) is 46.0 Å². The van der Waals surface area contributed by atoms with E-state index in [0.717, 1.165) is 12.8 Å². The van der Waals surface area contributed by atoms with Gasteiger partial charge in [-0.3, -0.25) is 10.1 Å². The Morgan fingerprint density at radius 1 is 1.42 bits per heavy atom. The van der Waals surface area contributed by atoms with Crippen LogP contribution in [0.5, 0.6) is 0 Å². The monoisotopic (exact) mass is 171 g/mol. The standard InChI is InChI=1S/C9H17NO2/c1-3-4-5-6-7-8-9(2)10(11)12/h8H,3-7H2,1-2H3/b9-8+. The molecule has 3 heteroatoms. The minimum absolute atomic E-state index is 0.270. The van der Waals surface area contributed by atoms with E-state index < -0.39 is 0 Å². The molecule has 0 bridgehead atoms. The van der Waals surface area contributed by atoms with Gasteiger partial charge in [0.05, 0.1) is 4.92 Å². The number of unbranched alkanes of at least 4 members (excludes halogenated alkanes) is 4. The van der Waals surface area contributed by atoms with E-state index in [1.54, 1.807) is 13.0 Å². The van der Waals surface area contributed by atoms with E-state index in [4.69, 9.17) is 0 Å². The van der Waals surface area contributed by atoms with Gasteiger partial charge in [-0.15, -0.1) is 0 Å². The summed E-state index contributed by atoms with van der Waals surface area (Å²) in [5, 5.41) is 10.2. The van der Waals surface area contributed by atoms with Crippen molar-refractivity contribution < 1.29 is 4.92 Å². The third-order valence-electron chi connectivity index (χ3n) is 1.79. The highest BCUT2D eigenvalue weighted by molar-refractivity contribution is 4.86. The van der Waals surface area contributed by atoms with Crippen molar-refractivity contribution in [1.29, 1.82) is 0 Å². The zero-order valence-corrected chi connectivity index (χ0v) is 7.88. The van der Waals surface area contributed by atoms with Gasteiger partial charge in [0, 0.05) is 6.92 Å². The lowest BCUT2D eigenvalue weighted by Gasteiger charge is -1.94. The van der Waals surface area contributed by atoms with Crippen molar-refractivity contribution >= 4 is 0 Å². The topological polar surface area (TPSA) is 43.1 Å². The van der Waals surface area contributed by atoms with Gasteiger partial charge < -0.3 is 0 Å². The summed E-state index contributed by atoms with van der Waals surface area (Å²) in [6, 6.07) is 0. The second-order valence-corrected chi connectivity index (χ2v) is 2.95. The van der Waals surface area contributed by atoms with Crippen LogP contribution >= 0.6 is 0 Å². The van der Waals surface area contributed by atoms with Crippen LogP contribution in [-0.4, -0.2) is 4.92 Å². The summed E-state index contributed by atoms with van der Waals surface area (Å²) in [7, 11) is 0. The molecule has 0 aromatic heterocycles. The van der Waals surface area contributed by atoms with Crippen LogP contribution in [0.4, 0.5) is 0 Å². The van der Waals surface area contributed by atoms with Gasteiger partial charge in [0.25, 0.3) is 0 Å². The van der Waals surface area contributed by atoms with Crippen molar-refractivity contribution in [1.82, 2.24) is 0 Å². The maximum absolute atomic E-state index is 10.2. The zero-order valence-electron chi connectivity index (χ0n) is 7.88. The van der Waals surface area contributed by atoms with Crippen LogP contribution in [0.3, 0.4) is 0 Å². The largest absolute Gasteiger partial charge is 0.259 e. The molecule has 12 heavy (non-hydrogen) atoms. The summed E-state index contributed by atoms with van der Waals surface area (Å²) < 4.78 is 0. The first-order valence-corrected chi connectivity index (χ1v) is 4.49. The first kappa shape index (κ1) is 11.1. The number of hydrogen-bond donors (Lipinski definition) is 0. The van der Waals surface area contributed by atoms with Crippen molar-refractivity contribution in [2.24, 2.45) is 0 Å². The fraction of sp³-hybridized carbons (Fsp3) is 0.778. The van der Waals surface area contributed by atoms with Gasteiger partial charge in [-0.25, -0.2) is 0 Å². The lowest BCUT2D eigenvalue weighted by molar-refractivity contribution is -0.424. The molecule has 0 saturated heterocycles. The Bertz CT molecular complexity index is 164. The number of hydrogen-bond acceptors (Lipinski definition) is 2. The molecular formula is C9H17NO2. The van der Waals surface area contributed by atoms with Crippen LogP contribution < -0.4 is 0 Å². The highest BCUT2D eigenvalue weighted by Gasteiger charge is 1.98. The molecule has 0 aromatic rings. The summed E-state index contributed by atoms with van der Waals surface area (Å²) in [6.45, 7) is 3.69. The molecule has 0 radical (unpaired) electrons. The first-order valence-electron chi connectivity index (χ1n) is 4.49. The summed E-state index contributed by atoms with van der Waals surface area (Å²) in [5.41, 5.74) is 0.270. The fourth-order valence-corrected chi connectivity index (χ4v) is 0.957. The Morgan fingerprint density at radius 3 is 2.58 bits per heavy atom. The van der Waals surface area contributed by atoms with Crippen molar-refractivity contribution in [3.8, 4) is 0 Å². The highest BCUT2D eigenvalue weighted by Crippen LogP contribution is 2.05. The molecular weight excluding hydrogens is 154 g/mol. The van der Waals surface area contributed by atoms with Crippen LogP contribution in [0, 0.1) is 10.1 Å². The van der Waals surface area contributed by atoms with Crippen LogP contribution in [0.25, 0.3) is 0 Å². The third kappa shape index (κ3) is 5.89. The summed E-state index contributed by atoms with van der Waals surface area (Å²) in [5.74, 6) is 0. The Labute approximate surface area is 73.6 Å². The molecule has 0 unspecified atom stereocenters. The second-order valence-electron chi connectivity index (χ2n) is 2.95. The van der Waals surface area contributed by atoms with Gasteiger partial charge in [0.2, 0.25) is 5.70 Å². The summed E-state index contributed by atoms with van der Waals surface area (Å²) in [4.78, 5) is 9.82. The van der Waals surface area contributed by atoms with Crippen molar-refractivity contribution in [3.05, 3.63) is 21.9 Å². The maximum Gasteiger partial charge on any atom is 0.239 e. The first-order chi connectivity index (χ1) is 5.68. The number of nitro groups is 1. The molecule has 0 aliphatic rings. The van der Waals surface area contributed by atoms with Gasteiger partial charge in [-0.2, -0.15) is 0 Å². The molecule has 0 saturated carbocycles. The van der Waals surface area contributed by atoms with Crippen LogP contribution in [0.15, 0.2) is 11.8 Å². The van der Waals surface area contributed by atoms with Crippen LogP contribution in [0.2, 0.25) is 0 Å². The molecule has 0 amide bonds. The van der Waals surface area contributed by atoms with Crippen LogP contribution in [-0.2, 0) is 0 Å². The molecule has 0 N–H and O–H groups in total. The van der Waals surface area contributed by atoms with E-state index in [1.807, 2.05) is 0 Å². The van der Waals surface area contributed by atoms with Gasteiger partial charge in [-0.1, -0.05) is 26.2 Å². The number of allylic oxidation sites excluding steroid dienone is 2. The predicted molar refractivity (Wildman–Crippen MR) is 49.5 cm³/mol. The van der Waals surface area contributed by atoms with E-state index in [0.29, 0.717) is 0 Å². The van der Waals surface area contributed by atoms with Gasteiger partial charge >= 0.3 is 0 Å². The molecule has 3 nitrogen and oxygen atoms in total. The van der Waals surface area contributed by atoms with E-state index >= 15 is 0 Å². The molecule has 0 heterocycles. The highest BCUT2D eigenvalue weighted by atomic mass is 16.6. The molecule has 0 aliphatic heterocycles. The lowest BCUT2D eigenvalue weighted by atomic mass is 10.1. The molecule has 0 fully saturated rings. The number of rotatable bonds is 6. The minimum atomic E-state index is -0.334. The SMILES string of the molecule is CCCCCC/C=C(\C)[N+](=O)[O-]. The second kappa shape index (κ2) is 6.83. The Kier molecular flexibility index (Phi) is 6.34. The molecule has 0 rings (SSSR count). The van der Waals surface area contributed by atoms with E-state index in [9.17, 15) is 10.1 Å². The van der Waals surface area contributed by atoms with Gasteiger partial charge in [0.15, 0.2) is 0 Å². The Balaban J connectivity index is 3.40. The van der Waals surface area contributed by atoms with E-state index in [1.165, 1.54) is 19.3 Å². The zero-order chi connectivity index (χ0) is 9.40. The maximum atomic E-state index is 10.2. The van der Waals surface area contributed by atoms with E-state index in [-0.39, 0.29) is 10.6 Å². The summed E-state index contributed by atoms with van der Waals surface area (Å²) in [6.07, 6.45) is 7.22. The number of nitrogens with zero attached hydrogens (tertiary/aromatic N) is 1. The average molecular weight is 171 g/mol. The molecule has 0 aliphatic carbocycles. The molecule has 70 valence electrons.